The quantitative estimate of drug-likeness (QED) is 0.840. The van der Waals surface area contributed by atoms with Crippen LogP contribution in [0.5, 0.6) is 0 Å². The molecular weight excluding hydrogens is 345 g/mol. The number of piperidine rings is 1. The number of benzene rings is 2. The summed E-state index contributed by atoms with van der Waals surface area (Å²) in [5, 5.41) is 4.11. The van der Waals surface area contributed by atoms with Crippen LogP contribution in [-0.2, 0) is 22.4 Å². The zero-order valence-corrected chi connectivity index (χ0v) is 14.5. The van der Waals surface area contributed by atoms with Crippen molar-refractivity contribution in [2.45, 2.75) is 19.3 Å². The first-order valence-electron chi connectivity index (χ1n) is 7.80. The summed E-state index contributed by atoms with van der Waals surface area (Å²) in [5.41, 5.74) is 0.748. The second kappa shape index (κ2) is 6.96. The zero-order valence-electron chi connectivity index (χ0n) is 13.0. The molecule has 0 radical (unpaired) electrons. The molecule has 2 aromatic rings. The minimum absolute atomic E-state index is 0.0175. The molecule has 0 aliphatic carbocycles. The van der Waals surface area contributed by atoms with Crippen LogP contribution in [0, 0.1) is 5.41 Å². The van der Waals surface area contributed by atoms with Gasteiger partial charge >= 0.3 is 0 Å². The van der Waals surface area contributed by atoms with Crippen LogP contribution in [0.15, 0.2) is 48.5 Å². The Morgan fingerprint density at radius 3 is 1.71 bits per heavy atom. The Morgan fingerprint density at radius 1 is 0.833 bits per heavy atom. The highest BCUT2D eigenvalue weighted by Crippen LogP contribution is 2.33. The zero-order chi connectivity index (χ0) is 17.2. The van der Waals surface area contributed by atoms with E-state index >= 15 is 0 Å². The minimum atomic E-state index is -1.08. The number of halogens is 2. The van der Waals surface area contributed by atoms with Gasteiger partial charge < -0.3 is 5.32 Å². The summed E-state index contributed by atoms with van der Waals surface area (Å²) in [6.45, 7) is 0.403. The molecule has 1 aliphatic rings. The molecule has 3 rings (SSSR count). The Kier molecular flexibility index (Phi) is 4.93. The highest BCUT2D eigenvalue weighted by Gasteiger charge is 2.47. The van der Waals surface area contributed by atoms with E-state index in [2.05, 4.69) is 5.32 Å². The van der Waals surface area contributed by atoms with Crippen LogP contribution in [0.25, 0.3) is 0 Å². The lowest BCUT2D eigenvalue weighted by Gasteiger charge is -2.35. The van der Waals surface area contributed by atoms with E-state index in [-0.39, 0.29) is 11.7 Å². The maximum atomic E-state index is 12.8. The maximum absolute atomic E-state index is 12.8. The van der Waals surface area contributed by atoms with Gasteiger partial charge in [-0.15, -0.1) is 0 Å². The van der Waals surface area contributed by atoms with Crippen molar-refractivity contribution >= 4 is 34.9 Å². The molecule has 124 valence electrons. The fraction of sp³-hybridized carbons (Fsp3) is 0.263. The third-order valence-electron chi connectivity index (χ3n) is 4.44. The molecule has 1 saturated heterocycles. The Morgan fingerprint density at radius 2 is 1.29 bits per heavy atom. The first-order chi connectivity index (χ1) is 11.5. The summed E-state index contributed by atoms with van der Waals surface area (Å²) in [5.74, 6) is -0.222. The minimum Gasteiger partial charge on any atom is -0.355 e. The fourth-order valence-electron chi connectivity index (χ4n) is 3.15. The lowest BCUT2D eigenvalue weighted by molar-refractivity contribution is -0.145. The smallest absolute Gasteiger partial charge is 0.234 e. The monoisotopic (exact) mass is 361 g/mol. The van der Waals surface area contributed by atoms with Crippen molar-refractivity contribution in [3.8, 4) is 0 Å². The molecule has 0 atom stereocenters. The molecule has 5 heteroatoms. The van der Waals surface area contributed by atoms with Gasteiger partial charge in [-0.1, -0.05) is 47.5 Å². The lowest BCUT2D eigenvalue weighted by Crippen LogP contribution is -2.54. The Balaban J connectivity index is 1.96. The van der Waals surface area contributed by atoms with E-state index in [1.165, 1.54) is 0 Å². The van der Waals surface area contributed by atoms with Gasteiger partial charge in [0.25, 0.3) is 0 Å². The number of amides is 1. The maximum Gasteiger partial charge on any atom is 0.234 e. The first kappa shape index (κ1) is 17.0. The normalized spacial score (nSPS) is 16.8. The Bertz CT molecular complexity index is 688. The number of carbonyl (C=O) groups excluding carboxylic acids is 2. The van der Waals surface area contributed by atoms with Crippen molar-refractivity contribution in [3.05, 3.63) is 69.7 Å². The number of hydrogen-bond donors (Lipinski definition) is 1. The topological polar surface area (TPSA) is 46.2 Å². The van der Waals surface area contributed by atoms with E-state index in [0.29, 0.717) is 35.9 Å². The Labute approximate surface area is 151 Å². The van der Waals surface area contributed by atoms with E-state index in [1.54, 1.807) is 24.3 Å². The average Bonchev–Trinajstić information content (AvgIpc) is 2.57. The van der Waals surface area contributed by atoms with Gasteiger partial charge in [-0.25, -0.2) is 0 Å². The van der Waals surface area contributed by atoms with Crippen LogP contribution < -0.4 is 5.32 Å². The van der Waals surface area contributed by atoms with E-state index < -0.39 is 5.41 Å². The summed E-state index contributed by atoms with van der Waals surface area (Å²) >= 11 is 11.9. The third-order valence-corrected chi connectivity index (χ3v) is 4.95. The van der Waals surface area contributed by atoms with Crippen molar-refractivity contribution < 1.29 is 9.59 Å². The molecule has 1 N–H and O–H groups in total. The van der Waals surface area contributed by atoms with Gasteiger partial charge in [-0.3, -0.25) is 9.59 Å². The van der Waals surface area contributed by atoms with Gasteiger partial charge in [0.05, 0.1) is 0 Å². The summed E-state index contributed by atoms with van der Waals surface area (Å²) in [4.78, 5) is 25.4. The highest BCUT2D eigenvalue weighted by molar-refractivity contribution is 6.30. The molecule has 1 heterocycles. The number of hydrogen-bond acceptors (Lipinski definition) is 2. The molecule has 2 aromatic carbocycles. The molecule has 3 nitrogen and oxygen atoms in total. The summed E-state index contributed by atoms with van der Waals surface area (Å²) < 4.78 is 0. The van der Waals surface area contributed by atoms with Crippen molar-refractivity contribution in [1.29, 1.82) is 0 Å². The van der Waals surface area contributed by atoms with Gasteiger partial charge in [0, 0.05) is 23.0 Å². The first-order valence-corrected chi connectivity index (χ1v) is 8.56. The second-order valence-electron chi connectivity index (χ2n) is 6.12. The molecule has 1 amide bonds. The van der Waals surface area contributed by atoms with Crippen molar-refractivity contribution in [3.63, 3.8) is 0 Å². The third kappa shape index (κ3) is 3.47. The number of carbonyl (C=O) groups is 2. The van der Waals surface area contributed by atoms with E-state index in [9.17, 15) is 9.59 Å². The van der Waals surface area contributed by atoms with Crippen molar-refractivity contribution in [2.24, 2.45) is 5.41 Å². The molecule has 0 saturated carbocycles. The molecular formula is C19H17Cl2NO2. The van der Waals surface area contributed by atoms with Crippen LogP contribution >= 0.6 is 23.2 Å². The SMILES string of the molecule is O=C1CCNC(=O)C1(Cc1ccc(Cl)cc1)Cc1ccc(Cl)cc1. The molecule has 0 spiro atoms. The van der Waals surface area contributed by atoms with Crippen LogP contribution in [0.3, 0.4) is 0 Å². The Hall–Kier alpha value is -1.84. The predicted octanol–water partition coefficient (Wildman–Crippen LogP) is 3.85. The van der Waals surface area contributed by atoms with Crippen molar-refractivity contribution in [2.75, 3.05) is 6.54 Å². The highest BCUT2D eigenvalue weighted by atomic mass is 35.5. The molecule has 0 aromatic heterocycles. The van der Waals surface area contributed by atoms with Crippen LogP contribution in [0.4, 0.5) is 0 Å². The average molecular weight is 362 g/mol. The van der Waals surface area contributed by atoms with Gasteiger partial charge in [0.1, 0.15) is 5.41 Å². The fourth-order valence-corrected chi connectivity index (χ4v) is 3.40. The van der Waals surface area contributed by atoms with Crippen LogP contribution in [0.1, 0.15) is 17.5 Å². The summed E-state index contributed by atoms with van der Waals surface area (Å²) in [6.07, 6.45) is 1.07. The molecule has 0 bridgehead atoms. The van der Waals surface area contributed by atoms with Crippen molar-refractivity contribution in [1.82, 2.24) is 5.32 Å². The van der Waals surface area contributed by atoms with Gasteiger partial charge in [-0.05, 0) is 48.2 Å². The molecule has 1 fully saturated rings. The van der Waals surface area contributed by atoms with Crippen LogP contribution in [-0.4, -0.2) is 18.2 Å². The van der Waals surface area contributed by atoms with E-state index in [1.807, 2.05) is 24.3 Å². The predicted molar refractivity (Wildman–Crippen MR) is 95.4 cm³/mol. The number of rotatable bonds is 4. The molecule has 0 unspecified atom stereocenters. The van der Waals surface area contributed by atoms with Gasteiger partial charge in [0.2, 0.25) is 5.91 Å². The lowest BCUT2D eigenvalue weighted by atomic mass is 9.70. The van der Waals surface area contributed by atoms with E-state index in [0.717, 1.165) is 11.1 Å². The summed E-state index contributed by atoms with van der Waals surface area (Å²) in [7, 11) is 0. The number of nitrogens with one attached hydrogen (secondary N) is 1. The second-order valence-corrected chi connectivity index (χ2v) is 6.99. The van der Waals surface area contributed by atoms with Gasteiger partial charge in [-0.2, -0.15) is 0 Å². The van der Waals surface area contributed by atoms with Crippen LogP contribution in [0.2, 0.25) is 10.0 Å². The van der Waals surface area contributed by atoms with E-state index in [4.69, 9.17) is 23.2 Å². The standard InChI is InChI=1S/C19H17Cl2NO2/c20-15-5-1-13(2-6-15)11-19(17(23)9-10-22-18(19)24)12-14-3-7-16(21)8-4-14/h1-8H,9-12H2,(H,22,24). The molecule has 24 heavy (non-hydrogen) atoms. The largest absolute Gasteiger partial charge is 0.355 e. The summed E-state index contributed by atoms with van der Waals surface area (Å²) in [6, 6.07) is 14.6. The number of Topliss-reactive ketones (excluding diaryl/α,β-unsaturated/α-hetero) is 1. The number of ketones is 1. The van der Waals surface area contributed by atoms with Gasteiger partial charge in [0.15, 0.2) is 5.78 Å². The molecule has 1 aliphatic heterocycles.